The molecular weight excluding hydrogens is 308 g/mol. The van der Waals surface area contributed by atoms with E-state index < -0.39 is 0 Å². The summed E-state index contributed by atoms with van der Waals surface area (Å²) in [6.07, 6.45) is 2.86. The van der Waals surface area contributed by atoms with E-state index in [4.69, 9.17) is 9.15 Å². The summed E-state index contributed by atoms with van der Waals surface area (Å²) in [4.78, 5) is 11.6. The lowest BCUT2D eigenvalue weighted by molar-refractivity contribution is 0.285. The zero-order valence-electron chi connectivity index (χ0n) is 13.9. The van der Waals surface area contributed by atoms with Crippen LogP contribution in [0.4, 0.5) is 0 Å². The lowest BCUT2D eigenvalue weighted by Crippen LogP contribution is -2.09. The molecule has 1 aromatic carbocycles. The molecule has 0 amide bonds. The number of benzene rings is 1. The maximum atomic E-state index is 11.6. The third-order valence-electron chi connectivity index (χ3n) is 3.88. The van der Waals surface area contributed by atoms with Crippen molar-refractivity contribution in [1.82, 2.24) is 20.2 Å². The van der Waals surface area contributed by atoms with Crippen LogP contribution in [-0.2, 0) is 19.6 Å². The summed E-state index contributed by atoms with van der Waals surface area (Å²) in [6.45, 7) is 5.16. The SMILES string of the molecule is CCCCn1nnnc1COc1ccc2c(CC)cc(=O)oc2c1. The molecule has 0 atom stereocenters. The molecule has 0 aliphatic heterocycles. The van der Waals surface area contributed by atoms with Crippen LogP contribution in [0.25, 0.3) is 11.0 Å². The molecule has 0 fully saturated rings. The molecule has 3 rings (SSSR count). The highest BCUT2D eigenvalue weighted by molar-refractivity contribution is 5.81. The molecule has 0 saturated carbocycles. The van der Waals surface area contributed by atoms with Crippen LogP contribution >= 0.6 is 0 Å². The molecule has 0 N–H and O–H groups in total. The van der Waals surface area contributed by atoms with Crippen LogP contribution in [0.5, 0.6) is 5.75 Å². The van der Waals surface area contributed by atoms with Crippen molar-refractivity contribution in [2.45, 2.75) is 46.3 Å². The summed E-state index contributed by atoms with van der Waals surface area (Å²) in [7, 11) is 0. The maximum Gasteiger partial charge on any atom is 0.336 e. The summed E-state index contributed by atoms with van der Waals surface area (Å²) < 4.78 is 12.8. The van der Waals surface area contributed by atoms with Gasteiger partial charge in [-0.1, -0.05) is 20.3 Å². The summed E-state index contributed by atoms with van der Waals surface area (Å²) in [5.41, 5.74) is 1.15. The summed E-state index contributed by atoms with van der Waals surface area (Å²) in [6, 6.07) is 7.04. The normalized spacial score (nSPS) is 11.1. The van der Waals surface area contributed by atoms with Crippen molar-refractivity contribution in [3.8, 4) is 5.75 Å². The molecule has 7 nitrogen and oxygen atoms in total. The number of hydrogen-bond acceptors (Lipinski definition) is 6. The van der Waals surface area contributed by atoms with Crippen LogP contribution in [0.2, 0.25) is 0 Å². The van der Waals surface area contributed by atoms with E-state index >= 15 is 0 Å². The van der Waals surface area contributed by atoms with Crippen molar-refractivity contribution in [1.29, 1.82) is 0 Å². The molecule has 0 spiro atoms. The highest BCUT2D eigenvalue weighted by atomic mass is 16.5. The third kappa shape index (κ3) is 3.45. The molecule has 2 heterocycles. The molecule has 7 heteroatoms. The van der Waals surface area contributed by atoms with Crippen LogP contribution in [-0.4, -0.2) is 20.2 Å². The van der Waals surface area contributed by atoms with Gasteiger partial charge in [0, 0.05) is 24.1 Å². The van der Waals surface area contributed by atoms with Gasteiger partial charge in [0.25, 0.3) is 0 Å². The van der Waals surface area contributed by atoms with Crippen LogP contribution in [0.1, 0.15) is 38.1 Å². The Labute approximate surface area is 139 Å². The van der Waals surface area contributed by atoms with Gasteiger partial charge in [0.2, 0.25) is 0 Å². The van der Waals surface area contributed by atoms with E-state index in [0.717, 1.165) is 36.8 Å². The van der Waals surface area contributed by atoms with E-state index in [1.54, 1.807) is 10.7 Å². The van der Waals surface area contributed by atoms with Gasteiger partial charge < -0.3 is 9.15 Å². The first-order valence-electron chi connectivity index (χ1n) is 8.16. The van der Waals surface area contributed by atoms with Gasteiger partial charge in [-0.25, -0.2) is 9.48 Å². The molecular formula is C17H20N4O3. The number of nitrogens with zero attached hydrogens (tertiary/aromatic N) is 4. The second-order valence-corrected chi connectivity index (χ2v) is 5.56. The average Bonchev–Trinajstić information content (AvgIpc) is 3.04. The zero-order valence-corrected chi connectivity index (χ0v) is 13.9. The Balaban J connectivity index is 1.79. The molecule has 3 aromatic rings. The van der Waals surface area contributed by atoms with Crippen molar-refractivity contribution in [3.05, 3.63) is 46.1 Å². The quantitative estimate of drug-likeness (QED) is 0.620. The van der Waals surface area contributed by atoms with E-state index in [1.807, 2.05) is 19.1 Å². The van der Waals surface area contributed by atoms with Gasteiger partial charge in [0.05, 0.1) is 0 Å². The van der Waals surface area contributed by atoms with Crippen molar-refractivity contribution < 1.29 is 9.15 Å². The predicted octanol–water partition coefficient (Wildman–Crippen LogP) is 2.72. The molecule has 126 valence electrons. The van der Waals surface area contributed by atoms with Gasteiger partial charge in [0.15, 0.2) is 5.82 Å². The molecule has 0 radical (unpaired) electrons. The molecule has 0 unspecified atom stereocenters. The number of hydrogen-bond donors (Lipinski definition) is 0. The lowest BCUT2D eigenvalue weighted by Gasteiger charge is -2.08. The number of tetrazole rings is 1. The number of ether oxygens (including phenoxy) is 1. The number of aryl methyl sites for hydroxylation is 2. The van der Waals surface area contributed by atoms with Crippen LogP contribution in [0.3, 0.4) is 0 Å². The first kappa shape index (κ1) is 16.2. The van der Waals surface area contributed by atoms with Crippen molar-refractivity contribution in [3.63, 3.8) is 0 Å². The Morgan fingerprint density at radius 2 is 2.12 bits per heavy atom. The molecule has 0 bridgehead atoms. The second kappa shape index (κ2) is 7.25. The monoisotopic (exact) mass is 328 g/mol. The third-order valence-corrected chi connectivity index (χ3v) is 3.88. The largest absolute Gasteiger partial charge is 0.485 e. The van der Waals surface area contributed by atoms with E-state index in [2.05, 4.69) is 22.4 Å². The van der Waals surface area contributed by atoms with Crippen LogP contribution in [0.15, 0.2) is 33.5 Å². The number of unbranched alkanes of at least 4 members (excludes halogenated alkanes) is 1. The van der Waals surface area contributed by atoms with Gasteiger partial charge in [-0.2, -0.15) is 0 Å². The smallest absolute Gasteiger partial charge is 0.336 e. The minimum atomic E-state index is -0.347. The standard InChI is InChI=1S/C17H20N4O3/c1-3-5-8-21-16(18-19-20-21)11-23-13-6-7-14-12(4-2)9-17(22)24-15(14)10-13/h6-7,9-10H,3-5,8,11H2,1-2H3. The predicted molar refractivity (Wildman–Crippen MR) is 88.9 cm³/mol. The average molecular weight is 328 g/mol. The van der Waals surface area contributed by atoms with Gasteiger partial charge in [-0.3, -0.25) is 0 Å². The summed E-state index contributed by atoms with van der Waals surface area (Å²) in [5, 5.41) is 12.6. The first-order valence-corrected chi connectivity index (χ1v) is 8.16. The fraction of sp³-hybridized carbons (Fsp3) is 0.412. The highest BCUT2D eigenvalue weighted by Crippen LogP contribution is 2.23. The molecule has 0 saturated heterocycles. The van der Waals surface area contributed by atoms with Crippen molar-refractivity contribution in [2.24, 2.45) is 0 Å². The Morgan fingerprint density at radius 3 is 2.92 bits per heavy atom. The Bertz CT molecular complexity index is 885. The fourth-order valence-corrected chi connectivity index (χ4v) is 2.55. The Kier molecular flexibility index (Phi) is 4.88. The van der Waals surface area contributed by atoms with E-state index in [-0.39, 0.29) is 12.2 Å². The number of rotatable bonds is 7. The molecule has 2 aromatic heterocycles. The van der Waals surface area contributed by atoms with Crippen LogP contribution < -0.4 is 10.4 Å². The van der Waals surface area contributed by atoms with Gasteiger partial charge in [-0.15, -0.1) is 5.10 Å². The molecule has 0 aliphatic rings. The maximum absolute atomic E-state index is 11.6. The number of aromatic nitrogens is 4. The van der Waals surface area contributed by atoms with E-state index in [9.17, 15) is 4.79 Å². The summed E-state index contributed by atoms with van der Waals surface area (Å²) >= 11 is 0. The highest BCUT2D eigenvalue weighted by Gasteiger charge is 2.09. The second-order valence-electron chi connectivity index (χ2n) is 5.56. The van der Waals surface area contributed by atoms with Gasteiger partial charge >= 0.3 is 5.63 Å². The summed E-state index contributed by atoms with van der Waals surface area (Å²) in [5.74, 6) is 1.29. The fourth-order valence-electron chi connectivity index (χ4n) is 2.55. The van der Waals surface area contributed by atoms with Crippen molar-refractivity contribution in [2.75, 3.05) is 0 Å². The molecule has 0 aliphatic carbocycles. The molecule has 24 heavy (non-hydrogen) atoms. The van der Waals surface area contributed by atoms with E-state index in [1.165, 1.54) is 6.07 Å². The van der Waals surface area contributed by atoms with Crippen molar-refractivity contribution >= 4 is 11.0 Å². The van der Waals surface area contributed by atoms with Gasteiger partial charge in [-0.05, 0) is 41.0 Å². The zero-order chi connectivity index (χ0) is 16.9. The lowest BCUT2D eigenvalue weighted by atomic mass is 10.1. The van der Waals surface area contributed by atoms with E-state index in [0.29, 0.717) is 17.2 Å². The number of fused-ring (bicyclic) bond motifs is 1. The first-order chi connectivity index (χ1) is 11.7. The van der Waals surface area contributed by atoms with Crippen LogP contribution in [0, 0.1) is 0 Å². The topological polar surface area (TPSA) is 83.0 Å². The Morgan fingerprint density at radius 1 is 1.25 bits per heavy atom. The van der Waals surface area contributed by atoms with Gasteiger partial charge in [0.1, 0.15) is 17.9 Å². The Hall–Kier alpha value is -2.70. The minimum Gasteiger partial charge on any atom is -0.485 e. The minimum absolute atomic E-state index is 0.264.